The number of ether oxygens (including phenoxy) is 1. The molecule has 0 saturated carbocycles. The molecule has 0 spiro atoms. The maximum Gasteiger partial charge on any atom is 0.322 e. The van der Waals surface area contributed by atoms with Crippen molar-refractivity contribution in [2.24, 2.45) is 0 Å². The second-order valence-corrected chi connectivity index (χ2v) is 4.23. The van der Waals surface area contributed by atoms with Crippen LogP contribution in [0.4, 0.5) is 0 Å². The van der Waals surface area contributed by atoms with Crippen molar-refractivity contribution in [1.82, 2.24) is 5.32 Å². The van der Waals surface area contributed by atoms with Gasteiger partial charge in [0, 0.05) is 6.04 Å². The van der Waals surface area contributed by atoms with Crippen LogP contribution < -0.4 is 5.32 Å². The predicted molar refractivity (Wildman–Crippen MR) is 68.8 cm³/mol. The standard InChI is InChI=1S/C14H21NO2/c1-4-17-14(16)12(3)15-11(2)10-13-8-6-5-7-9-13/h5-9,11-12,15H,4,10H2,1-3H3. The summed E-state index contributed by atoms with van der Waals surface area (Å²) >= 11 is 0. The van der Waals surface area contributed by atoms with Gasteiger partial charge in [0.05, 0.1) is 6.61 Å². The van der Waals surface area contributed by atoms with E-state index in [1.807, 2.05) is 32.0 Å². The van der Waals surface area contributed by atoms with Crippen molar-refractivity contribution in [1.29, 1.82) is 0 Å². The molecule has 1 aromatic rings. The molecule has 0 aliphatic rings. The maximum atomic E-state index is 11.4. The average molecular weight is 235 g/mol. The van der Waals surface area contributed by atoms with Crippen molar-refractivity contribution in [3.8, 4) is 0 Å². The highest BCUT2D eigenvalue weighted by atomic mass is 16.5. The van der Waals surface area contributed by atoms with Crippen LogP contribution in [0.2, 0.25) is 0 Å². The zero-order chi connectivity index (χ0) is 12.7. The van der Waals surface area contributed by atoms with Crippen molar-refractivity contribution in [3.63, 3.8) is 0 Å². The fraction of sp³-hybridized carbons (Fsp3) is 0.500. The van der Waals surface area contributed by atoms with Crippen LogP contribution in [0.3, 0.4) is 0 Å². The lowest BCUT2D eigenvalue weighted by Crippen LogP contribution is -2.41. The van der Waals surface area contributed by atoms with Gasteiger partial charge >= 0.3 is 5.97 Å². The van der Waals surface area contributed by atoms with Crippen LogP contribution in [0.5, 0.6) is 0 Å². The smallest absolute Gasteiger partial charge is 0.322 e. The van der Waals surface area contributed by atoms with Crippen LogP contribution in [0.15, 0.2) is 30.3 Å². The molecule has 17 heavy (non-hydrogen) atoms. The third kappa shape index (κ3) is 5.00. The largest absolute Gasteiger partial charge is 0.465 e. The highest BCUT2D eigenvalue weighted by Crippen LogP contribution is 2.03. The summed E-state index contributed by atoms with van der Waals surface area (Å²) in [5.74, 6) is -0.188. The van der Waals surface area contributed by atoms with Crippen molar-refractivity contribution in [2.45, 2.75) is 39.3 Å². The van der Waals surface area contributed by atoms with Gasteiger partial charge in [0.15, 0.2) is 0 Å². The summed E-state index contributed by atoms with van der Waals surface area (Å²) in [5, 5.41) is 3.24. The third-order valence-electron chi connectivity index (χ3n) is 2.56. The molecule has 0 fully saturated rings. The normalized spacial score (nSPS) is 14.1. The van der Waals surface area contributed by atoms with Gasteiger partial charge in [-0.25, -0.2) is 0 Å². The van der Waals surface area contributed by atoms with E-state index < -0.39 is 0 Å². The lowest BCUT2D eigenvalue weighted by Gasteiger charge is -2.18. The van der Waals surface area contributed by atoms with Crippen molar-refractivity contribution >= 4 is 5.97 Å². The molecule has 0 aromatic heterocycles. The lowest BCUT2D eigenvalue weighted by atomic mass is 10.1. The molecule has 0 radical (unpaired) electrons. The summed E-state index contributed by atoms with van der Waals surface area (Å²) in [4.78, 5) is 11.4. The van der Waals surface area contributed by atoms with Crippen LogP contribution in [0, 0.1) is 0 Å². The first-order valence-corrected chi connectivity index (χ1v) is 6.10. The molecule has 3 nitrogen and oxygen atoms in total. The summed E-state index contributed by atoms with van der Waals surface area (Å²) in [7, 11) is 0. The van der Waals surface area contributed by atoms with Gasteiger partial charge in [-0.1, -0.05) is 30.3 Å². The SMILES string of the molecule is CCOC(=O)C(C)NC(C)Cc1ccccc1. The van der Waals surface area contributed by atoms with Crippen molar-refractivity contribution < 1.29 is 9.53 Å². The van der Waals surface area contributed by atoms with E-state index in [1.54, 1.807) is 0 Å². The number of benzene rings is 1. The van der Waals surface area contributed by atoms with Crippen LogP contribution in [0.1, 0.15) is 26.3 Å². The van der Waals surface area contributed by atoms with Gasteiger partial charge in [-0.15, -0.1) is 0 Å². The van der Waals surface area contributed by atoms with E-state index in [1.165, 1.54) is 5.56 Å². The molecule has 1 rings (SSSR count). The highest BCUT2D eigenvalue weighted by Gasteiger charge is 2.16. The van der Waals surface area contributed by atoms with Crippen LogP contribution in [-0.2, 0) is 16.0 Å². The maximum absolute atomic E-state index is 11.4. The second-order valence-electron chi connectivity index (χ2n) is 4.23. The Kier molecular flexibility index (Phi) is 5.70. The first-order valence-electron chi connectivity index (χ1n) is 6.10. The molecule has 1 aromatic carbocycles. The van der Waals surface area contributed by atoms with Crippen LogP contribution >= 0.6 is 0 Å². The predicted octanol–water partition coefficient (Wildman–Crippen LogP) is 2.16. The first-order chi connectivity index (χ1) is 8.13. The number of carbonyl (C=O) groups excluding carboxylic acids is 1. The highest BCUT2D eigenvalue weighted by molar-refractivity contribution is 5.75. The zero-order valence-corrected chi connectivity index (χ0v) is 10.8. The van der Waals surface area contributed by atoms with Gasteiger partial charge in [-0.05, 0) is 32.8 Å². The monoisotopic (exact) mass is 235 g/mol. The van der Waals surface area contributed by atoms with Gasteiger partial charge in [0.25, 0.3) is 0 Å². The number of rotatable bonds is 6. The Morgan fingerprint density at radius 1 is 1.29 bits per heavy atom. The number of nitrogens with one attached hydrogen (secondary N) is 1. The molecule has 1 N–H and O–H groups in total. The van der Waals surface area contributed by atoms with Crippen LogP contribution in [0.25, 0.3) is 0 Å². The second kappa shape index (κ2) is 7.07. The minimum absolute atomic E-state index is 0.188. The summed E-state index contributed by atoms with van der Waals surface area (Å²) in [5.41, 5.74) is 1.27. The number of hydrogen-bond acceptors (Lipinski definition) is 3. The fourth-order valence-corrected chi connectivity index (χ4v) is 1.79. The molecule has 0 amide bonds. The molecule has 0 heterocycles. The molecule has 0 saturated heterocycles. The van der Waals surface area contributed by atoms with Gasteiger partial charge in [-0.3, -0.25) is 4.79 Å². The Hall–Kier alpha value is -1.35. The van der Waals surface area contributed by atoms with E-state index in [-0.39, 0.29) is 18.1 Å². The van der Waals surface area contributed by atoms with E-state index in [4.69, 9.17) is 4.74 Å². The van der Waals surface area contributed by atoms with Gasteiger partial charge in [-0.2, -0.15) is 0 Å². The van der Waals surface area contributed by atoms with E-state index in [2.05, 4.69) is 24.4 Å². The quantitative estimate of drug-likeness (QED) is 0.768. The topological polar surface area (TPSA) is 38.3 Å². The summed E-state index contributed by atoms with van der Waals surface area (Å²) in [6.07, 6.45) is 0.907. The molecule has 2 atom stereocenters. The summed E-state index contributed by atoms with van der Waals surface area (Å²) in [6.45, 7) is 6.15. The van der Waals surface area contributed by atoms with E-state index in [0.29, 0.717) is 6.61 Å². The Bertz CT molecular complexity index is 337. The number of esters is 1. The molecular weight excluding hydrogens is 214 g/mol. The average Bonchev–Trinajstić information content (AvgIpc) is 2.30. The zero-order valence-electron chi connectivity index (χ0n) is 10.8. The Balaban J connectivity index is 2.39. The summed E-state index contributed by atoms with van der Waals surface area (Å²) < 4.78 is 4.95. The number of hydrogen-bond donors (Lipinski definition) is 1. The van der Waals surface area contributed by atoms with Crippen molar-refractivity contribution in [3.05, 3.63) is 35.9 Å². The Morgan fingerprint density at radius 2 is 1.94 bits per heavy atom. The van der Waals surface area contributed by atoms with Gasteiger partial charge in [0.1, 0.15) is 6.04 Å². The molecule has 0 aliphatic heterocycles. The van der Waals surface area contributed by atoms with Gasteiger partial charge in [0.2, 0.25) is 0 Å². The summed E-state index contributed by atoms with van der Waals surface area (Å²) in [6, 6.07) is 10.2. The minimum atomic E-state index is -0.256. The first kappa shape index (κ1) is 13.7. The van der Waals surface area contributed by atoms with Crippen LogP contribution in [-0.4, -0.2) is 24.7 Å². The molecule has 0 bridgehead atoms. The molecule has 2 unspecified atom stereocenters. The van der Waals surface area contributed by atoms with E-state index >= 15 is 0 Å². The van der Waals surface area contributed by atoms with E-state index in [0.717, 1.165) is 6.42 Å². The minimum Gasteiger partial charge on any atom is -0.465 e. The molecule has 94 valence electrons. The fourth-order valence-electron chi connectivity index (χ4n) is 1.79. The van der Waals surface area contributed by atoms with E-state index in [9.17, 15) is 4.79 Å². The molecule has 0 aliphatic carbocycles. The van der Waals surface area contributed by atoms with Crippen molar-refractivity contribution in [2.75, 3.05) is 6.61 Å². The lowest BCUT2D eigenvalue weighted by molar-refractivity contribution is -0.145. The Morgan fingerprint density at radius 3 is 2.53 bits per heavy atom. The third-order valence-corrected chi connectivity index (χ3v) is 2.56. The molecular formula is C14H21NO2. The Labute approximate surface area is 103 Å². The molecule has 3 heteroatoms. The van der Waals surface area contributed by atoms with Gasteiger partial charge < -0.3 is 10.1 Å². The number of carbonyl (C=O) groups is 1.